The Morgan fingerprint density at radius 1 is 0.778 bits per heavy atom. The summed E-state index contributed by atoms with van der Waals surface area (Å²) >= 11 is 18.0. The molecule has 8 heteroatoms. The van der Waals surface area contributed by atoms with Gasteiger partial charge in [-0.3, -0.25) is 19.4 Å². The van der Waals surface area contributed by atoms with Crippen molar-refractivity contribution in [2.75, 3.05) is 16.9 Å². The van der Waals surface area contributed by atoms with Crippen LogP contribution in [0.25, 0.3) is 16.8 Å². The van der Waals surface area contributed by atoms with Crippen molar-refractivity contribution >= 4 is 80.6 Å². The molecule has 0 radical (unpaired) electrons. The number of nitrogens with zero attached hydrogens (tertiary/aromatic N) is 2. The molecule has 1 aliphatic rings. The summed E-state index contributed by atoms with van der Waals surface area (Å²) in [4.78, 5) is 30.3. The molecule has 5 rings (SSSR count). The quantitative estimate of drug-likeness (QED) is 0.163. The first kappa shape index (κ1) is 24.0. The number of ether oxygens (including phenoxy) is 1. The van der Waals surface area contributed by atoms with Crippen LogP contribution in [-0.4, -0.2) is 24.0 Å². The van der Waals surface area contributed by atoms with Crippen molar-refractivity contribution in [2.24, 2.45) is 0 Å². The van der Waals surface area contributed by atoms with Gasteiger partial charge in [0.15, 0.2) is 5.11 Å². The minimum absolute atomic E-state index is 0.0108. The first-order valence-electron chi connectivity index (χ1n) is 10.9. The van der Waals surface area contributed by atoms with Gasteiger partial charge in [0.05, 0.1) is 28.5 Å². The molecule has 5 nitrogen and oxygen atoms in total. The largest absolute Gasteiger partial charge is 0.496 e. The third kappa shape index (κ3) is 4.13. The Labute approximate surface area is 223 Å². The van der Waals surface area contributed by atoms with Gasteiger partial charge in [-0.15, -0.1) is 0 Å². The van der Waals surface area contributed by atoms with Gasteiger partial charge >= 0.3 is 0 Å². The highest BCUT2D eigenvalue weighted by Gasteiger charge is 2.41. The first-order valence-corrected chi connectivity index (χ1v) is 12.1. The number of hydrogen-bond donors (Lipinski definition) is 0. The second-order valence-electron chi connectivity index (χ2n) is 7.96. The van der Waals surface area contributed by atoms with Crippen LogP contribution in [0, 0.1) is 0 Å². The van der Waals surface area contributed by atoms with Crippen LogP contribution >= 0.6 is 35.4 Å². The fourth-order valence-electron chi connectivity index (χ4n) is 4.13. The Hall–Kier alpha value is -3.71. The summed E-state index contributed by atoms with van der Waals surface area (Å²) in [6.45, 7) is 0. The number of hydrogen-bond acceptors (Lipinski definition) is 4. The van der Waals surface area contributed by atoms with Gasteiger partial charge < -0.3 is 4.74 Å². The normalized spacial score (nSPS) is 15.2. The van der Waals surface area contributed by atoms with Crippen LogP contribution in [0.4, 0.5) is 11.4 Å². The van der Waals surface area contributed by atoms with E-state index in [4.69, 9.17) is 40.2 Å². The molecule has 1 heterocycles. The molecule has 36 heavy (non-hydrogen) atoms. The number of methoxy groups -OCH3 is 1. The zero-order chi connectivity index (χ0) is 25.4. The lowest BCUT2D eigenvalue weighted by Gasteiger charge is -2.36. The number of carbonyl (C=O) groups is 2. The average Bonchev–Trinajstić information content (AvgIpc) is 2.89. The van der Waals surface area contributed by atoms with Crippen molar-refractivity contribution in [2.45, 2.75) is 0 Å². The third-order valence-corrected chi connectivity index (χ3v) is 6.97. The molecule has 0 saturated carbocycles. The van der Waals surface area contributed by atoms with Gasteiger partial charge in [0.2, 0.25) is 0 Å². The van der Waals surface area contributed by atoms with Crippen LogP contribution in [0.2, 0.25) is 10.0 Å². The molecule has 0 aliphatic carbocycles. The van der Waals surface area contributed by atoms with Crippen molar-refractivity contribution in [3.8, 4) is 5.75 Å². The van der Waals surface area contributed by atoms with Gasteiger partial charge in [-0.1, -0.05) is 71.7 Å². The number of anilines is 2. The van der Waals surface area contributed by atoms with E-state index in [0.29, 0.717) is 27.7 Å². The first-order chi connectivity index (χ1) is 17.4. The molecular formula is C28H18Cl2N2O3S. The Morgan fingerprint density at radius 3 is 2.14 bits per heavy atom. The summed E-state index contributed by atoms with van der Waals surface area (Å²) in [5.74, 6) is -0.588. The van der Waals surface area contributed by atoms with Crippen LogP contribution in [-0.2, 0) is 9.59 Å². The molecule has 178 valence electrons. The Balaban J connectivity index is 1.74. The number of rotatable bonds is 4. The fourth-order valence-corrected chi connectivity index (χ4v) is 4.80. The summed E-state index contributed by atoms with van der Waals surface area (Å²) in [5, 5.41) is 2.39. The minimum atomic E-state index is -0.578. The lowest BCUT2D eigenvalue weighted by molar-refractivity contribution is -0.120. The van der Waals surface area contributed by atoms with Crippen LogP contribution in [0.1, 0.15) is 5.56 Å². The van der Waals surface area contributed by atoms with Gasteiger partial charge in [0.1, 0.15) is 11.3 Å². The van der Waals surface area contributed by atoms with Crippen molar-refractivity contribution < 1.29 is 14.3 Å². The number of amides is 2. The number of halogens is 2. The fraction of sp³-hybridized carbons (Fsp3) is 0.0357. The number of benzene rings is 4. The SMILES string of the molecule is COc1ccc2ccccc2c1C=C1C(=O)N(c2ccccc2)C(=S)N(c2ccc(Cl)c(Cl)c2)C1=O. The number of thiocarbonyl (C=S) groups is 1. The Bertz CT molecular complexity index is 1570. The second-order valence-corrected chi connectivity index (χ2v) is 9.14. The van der Waals surface area contributed by atoms with Gasteiger partial charge in [-0.25, -0.2) is 0 Å². The highest BCUT2D eigenvalue weighted by molar-refractivity contribution is 7.81. The number of carbonyl (C=O) groups excluding carboxylic acids is 2. The zero-order valence-corrected chi connectivity index (χ0v) is 21.3. The van der Waals surface area contributed by atoms with Gasteiger partial charge in [0, 0.05) is 5.56 Å². The number of para-hydroxylation sites is 1. The number of fused-ring (bicyclic) bond motifs is 1. The summed E-state index contributed by atoms with van der Waals surface area (Å²) in [5.41, 5.74) is 1.46. The predicted molar refractivity (Wildman–Crippen MR) is 149 cm³/mol. The third-order valence-electron chi connectivity index (χ3n) is 5.86. The van der Waals surface area contributed by atoms with E-state index in [0.717, 1.165) is 10.8 Å². The van der Waals surface area contributed by atoms with Gasteiger partial charge in [-0.05, 0) is 65.5 Å². The van der Waals surface area contributed by atoms with E-state index in [1.807, 2.05) is 42.5 Å². The average molecular weight is 533 g/mol. The smallest absolute Gasteiger partial charge is 0.270 e. The van der Waals surface area contributed by atoms with Crippen molar-refractivity contribution in [1.82, 2.24) is 0 Å². The van der Waals surface area contributed by atoms with Crippen LogP contribution in [0.5, 0.6) is 5.75 Å². The maximum atomic E-state index is 13.9. The standard InChI is InChI=1S/C28H18Cl2N2O3S/c1-35-25-14-11-17-7-5-6-10-20(17)21(25)16-22-26(33)31(18-8-3-2-4-9-18)28(36)32(27(22)34)19-12-13-23(29)24(30)15-19/h2-16H,1H3. The monoisotopic (exact) mass is 532 g/mol. The van der Waals surface area contributed by atoms with Crippen molar-refractivity contribution in [3.05, 3.63) is 106 Å². The molecule has 0 spiro atoms. The molecule has 0 N–H and O–H groups in total. The maximum Gasteiger partial charge on any atom is 0.270 e. The predicted octanol–water partition coefficient (Wildman–Crippen LogP) is 6.90. The van der Waals surface area contributed by atoms with E-state index < -0.39 is 11.8 Å². The summed E-state index contributed by atoms with van der Waals surface area (Å²) in [6.07, 6.45) is 1.56. The van der Waals surface area contributed by atoms with Crippen LogP contribution < -0.4 is 14.5 Å². The topological polar surface area (TPSA) is 49.9 Å². The Morgan fingerprint density at radius 2 is 1.44 bits per heavy atom. The van der Waals surface area contributed by atoms with E-state index in [1.165, 1.54) is 9.80 Å². The van der Waals surface area contributed by atoms with E-state index in [9.17, 15) is 9.59 Å². The van der Waals surface area contributed by atoms with E-state index in [1.54, 1.807) is 55.7 Å². The van der Waals surface area contributed by atoms with E-state index >= 15 is 0 Å². The van der Waals surface area contributed by atoms with E-state index in [-0.39, 0.29) is 15.7 Å². The van der Waals surface area contributed by atoms with Crippen LogP contribution in [0.15, 0.2) is 90.5 Å². The molecule has 1 fully saturated rings. The molecule has 0 atom stereocenters. The summed E-state index contributed by atoms with van der Waals surface area (Å²) < 4.78 is 5.59. The minimum Gasteiger partial charge on any atom is -0.496 e. The Kier molecular flexibility index (Phi) is 6.49. The van der Waals surface area contributed by atoms with Crippen molar-refractivity contribution in [1.29, 1.82) is 0 Å². The molecule has 4 aromatic rings. The molecule has 1 aliphatic heterocycles. The summed E-state index contributed by atoms with van der Waals surface area (Å²) in [6, 6.07) is 25.1. The highest BCUT2D eigenvalue weighted by Crippen LogP contribution is 2.35. The highest BCUT2D eigenvalue weighted by atomic mass is 35.5. The van der Waals surface area contributed by atoms with Gasteiger partial charge in [-0.2, -0.15) is 0 Å². The lowest BCUT2D eigenvalue weighted by atomic mass is 9.99. The molecule has 2 amide bonds. The molecule has 1 saturated heterocycles. The second kappa shape index (κ2) is 9.74. The van der Waals surface area contributed by atoms with E-state index in [2.05, 4.69) is 0 Å². The van der Waals surface area contributed by atoms with Crippen molar-refractivity contribution in [3.63, 3.8) is 0 Å². The lowest BCUT2D eigenvalue weighted by Crippen LogP contribution is -2.56. The molecular weight excluding hydrogens is 515 g/mol. The zero-order valence-electron chi connectivity index (χ0n) is 18.9. The van der Waals surface area contributed by atoms with Crippen LogP contribution in [0.3, 0.4) is 0 Å². The molecule has 0 unspecified atom stereocenters. The molecule has 0 aromatic heterocycles. The maximum absolute atomic E-state index is 13.9. The molecule has 4 aromatic carbocycles. The summed E-state index contributed by atoms with van der Waals surface area (Å²) in [7, 11) is 1.55. The van der Waals surface area contributed by atoms with Gasteiger partial charge in [0.25, 0.3) is 11.8 Å². The molecule has 0 bridgehead atoms.